The van der Waals surface area contributed by atoms with Crippen LogP contribution in [0.15, 0.2) is 0 Å². The molecule has 0 aromatic rings. The zero-order valence-electron chi connectivity index (χ0n) is 10.0. The van der Waals surface area contributed by atoms with Crippen LogP contribution in [0.1, 0.15) is 40.5 Å². The van der Waals surface area contributed by atoms with Gasteiger partial charge < -0.3 is 20.4 Å². The van der Waals surface area contributed by atoms with E-state index in [2.05, 4.69) is 0 Å². The maximum atomic E-state index is 9.74. The van der Waals surface area contributed by atoms with E-state index in [0.717, 1.165) is 0 Å². The van der Waals surface area contributed by atoms with E-state index in [1.807, 2.05) is 0 Å². The van der Waals surface area contributed by atoms with Gasteiger partial charge >= 0.3 is 0 Å². The highest BCUT2D eigenvalue weighted by Crippen LogP contribution is 2.21. The molecule has 0 aliphatic heterocycles. The average molecular weight is 220 g/mol. The molecular formula is C11H24O4. The molecule has 4 N–H and O–H groups in total. The van der Waals surface area contributed by atoms with Crippen LogP contribution in [0.5, 0.6) is 0 Å². The van der Waals surface area contributed by atoms with Crippen molar-refractivity contribution in [1.82, 2.24) is 0 Å². The fraction of sp³-hybridized carbons (Fsp3) is 1.00. The van der Waals surface area contributed by atoms with Crippen LogP contribution in [0, 0.1) is 5.92 Å². The van der Waals surface area contributed by atoms with Gasteiger partial charge in [0.15, 0.2) is 0 Å². The fourth-order valence-corrected chi connectivity index (χ4v) is 1.25. The molecule has 0 bridgehead atoms. The molecule has 0 amide bonds. The Morgan fingerprint density at radius 3 is 1.93 bits per heavy atom. The van der Waals surface area contributed by atoms with Gasteiger partial charge in [-0.3, -0.25) is 0 Å². The van der Waals surface area contributed by atoms with Crippen LogP contribution >= 0.6 is 0 Å². The topological polar surface area (TPSA) is 80.9 Å². The van der Waals surface area contributed by atoms with Crippen LogP contribution in [0.2, 0.25) is 0 Å². The van der Waals surface area contributed by atoms with E-state index in [9.17, 15) is 20.4 Å². The molecule has 0 aliphatic carbocycles. The molecule has 0 fully saturated rings. The molecule has 4 nitrogen and oxygen atoms in total. The first kappa shape index (κ1) is 14.8. The van der Waals surface area contributed by atoms with Gasteiger partial charge in [-0.1, -0.05) is 13.8 Å². The first-order valence-corrected chi connectivity index (χ1v) is 5.49. The lowest BCUT2D eigenvalue weighted by Gasteiger charge is -2.31. The molecule has 0 aliphatic rings. The lowest BCUT2D eigenvalue weighted by molar-refractivity contribution is -0.0925. The van der Waals surface area contributed by atoms with Gasteiger partial charge in [-0.15, -0.1) is 0 Å². The molecule has 15 heavy (non-hydrogen) atoms. The number of aliphatic hydroxyl groups is 4. The molecule has 0 saturated carbocycles. The third-order valence-corrected chi connectivity index (χ3v) is 3.27. The van der Waals surface area contributed by atoms with Crippen molar-refractivity contribution in [2.45, 2.75) is 64.4 Å². The summed E-state index contributed by atoms with van der Waals surface area (Å²) in [4.78, 5) is 0. The maximum Gasteiger partial charge on any atom is 0.0875 e. The van der Waals surface area contributed by atoms with Crippen LogP contribution in [0.25, 0.3) is 0 Å². The van der Waals surface area contributed by atoms with Crippen molar-refractivity contribution in [3.63, 3.8) is 0 Å². The monoisotopic (exact) mass is 220 g/mol. The van der Waals surface area contributed by atoms with Crippen molar-refractivity contribution in [1.29, 1.82) is 0 Å². The van der Waals surface area contributed by atoms with E-state index in [4.69, 9.17) is 0 Å². The molecule has 4 heteroatoms. The van der Waals surface area contributed by atoms with Gasteiger partial charge in [0, 0.05) is 12.3 Å². The number of hydrogen-bond acceptors (Lipinski definition) is 4. The minimum absolute atomic E-state index is 0.0763. The molecule has 0 aromatic heterocycles. The second-order valence-electron chi connectivity index (χ2n) is 4.63. The molecule has 0 rings (SSSR count). The molecule has 0 saturated heterocycles. The summed E-state index contributed by atoms with van der Waals surface area (Å²) in [6.45, 7) is 6.62. The summed E-state index contributed by atoms with van der Waals surface area (Å²) in [5.41, 5.74) is -1.18. The summed E-state index contributed by atoms with van der Waals surface area (Å²) in [6, 6.07) is 0. The second kappa shape index (κ2) is 5.80. The first-order valence-electron chi connectivity index (χ1n) is 5.49. The van der Waals surface area contributed by atoms with E-state index in [1.165, 1.54) is 6.92 Å². The highest BCUT2D eigenvalue weighted by atomic mass is 16.3. The van der Waals surface area contributed by atoms with E-state index >= 15 is 0 Å². The molecule has 92 valence electrons. The van der Waals surface area contributed by atoms with Crippen LogP contribution in [0.3, 0.4) is 0 Å². The van der Waals surface area contributed by atoms with E-state index in [0.29, 0.717) is 6.42 Å². The third-order valence-electron chi connectivity index (χ3n) is 3.27. The number of rotatable bonds is 6. The van der Waals surface area contributed by atoms with Crippen molar-refractivity contribution in [2.24, 2.45) is 5.92 Å². The van der Waals surface area contributed by atoms with E-state index < -0.39 is 23.9 Å². The standard InChI is InChI=1S/C11H24O4/c1-5-11(4,15)10(14)6-9(13)7(2)8(3)12/h7-10,12-15H,5-6H2,1-4H3. The van der Waals surface area contributed by atoms with Crippen molar-refractivity contribution in [3.05, 3.63) is 0 Å². The zero-order chi connectivity index (χ0) is 12.2. The van der Waals surface area contributed by atoms with Gasteiger partial charge in [-0.05, 0) is 20.3 Å². The fourth-order valence-electron chi connectivity index (χ4n) is 1.25. The molecule has 0 radical (unpaired) electrons. The Balaban J connectivity index is 4.23. The van der Waals surface area contributed by atoms with Crippen molar-refractivity contribution < 1.29 is 20.4 Å². The molecular weight excluding hydrogens is 196 g/mol. The van der Waals surface area contributed by atoms with E-state index in [1.54, 1.807) is 20.8 Å². The summed E-state index contributed by atoms with van der Waals surface area (Å²) in [5, 5.41) is 38.4. The summed E-state index contributed by atoms with van der Waals surface area (Å²) in [7, 11) is 0. The predicted octanol–water partition coefficient (Wildman–Crippen LogP) is 0.276. The van der Waals surface area contributed by atoms with Crippen molar-refractivity contribution in [2.75, 3.05) is 0 Å². The Labute approximate surface area is 91.6 Å². The Bertz CT molecular complexity index is 179. The van der Waals surface area contributed by atoms with Gasteiger partial charge in [0.1, 0.15) is 0 Å². The molecule has 5 atom stereocenters. The molecule has 0 heterocycles. The predicted molar refractivity (Wildman–Crippen MR) is 58.4 cm³/mol. The van der Waals surface area contributed by atoms with Gasteiger partial charge in [0.2, 0.25) is 0 Å². The van der Waals surface area contributed by atoms with E-state index in [-0.39, 0.29) is 12.3 Å². The maximum absolute atomic E-state index is 9.74. The van der Waals surface area contributed by atoms with Gasteiger partial charge in [-0.25, -0.2) is 0 Å². The molecule has 5 unspecified atom stereocenters. The largest absolute Gasteiger partial charge is 0.393 e. The smallest absolute Gasteiger partial charge is 0.0875 e. The van der Waals surface area contributed by atoms with Gasteiger partial charge in [0.05, 0.1) is 23.9 Å². The normalized spacial score (nSPS) is 24.0. The molecule has 0 aromatic carbocycles. The van der Waals surface area contributed by atoms with Crippen molar-refractivity contribution >= 4 is 0 Å². The quantitative estimate of drug-likeness (QED) is 0.518. The van der Waals surface area contributed by atoms with Crippen LogP contribution in [0.4, 0.5) is 0 Å². The minimum atomic E-state index is -1.18. The first-order chi connectivity index (χ1) is 6.72. The van der Waals surface area contributed by atoms with Gasteiger partial charge in [0.25, 0.3) is 0 Å². The third kappa shape index (κ3) is 4.47. The summed E-state index contributed by atoms with van der Waals surface area (Å²) in [6.07, 6.45) is -1.91. The Morgan fingerprint density at radius 1 is 1.13 bits per heavy atom. The van der Waals surface area contributed by atoms with Crippen LogP contribution in [-0.2, 0) is 0 Å². The second-order valence-corrected chi connectivity index (χ2v) is 4.63. The highest BCUT2D eigenvalue weighted by Gasteiger charge is 2.32. The lowest BCUT2D eigenvalue weighted by Crippen LogP contribution is -2.42. The molecule has 0 spiro atoms. The minimum Gasteiger partial charge on any atom is -0.393 e. The zero-order valence-corrected chi connectivity index (χ0v) is 10.0. The average Bonchev–Trinajstić information content (AvgIpc) is 2.16. The number of hydrogen-bond donors (Lipinski definition) is 4. The highest BCUT2D eigenvalue weighted by molar-refractivity contribution is 4.84. The lowest BCUT2D eigenvalue weighted by atomic mass is 9.87. The Hall–Kier alpha value is -0.160. The number of aliphatic hydroxyl groups excluding tert-OH is 3. The SMILES string of the molecule is CCC(C)(O)C(O)CC(O)C(C)C(C)O. The van der Waals surface area contributed by atoms with Gasteiger partial charge in [-0.2, -0.15) is 0 Å². The Kier molecular flexibility index (Phi) is 5.73. The Morgan fingerprint density at radius 2 is 1.60 bits per heavy atom. The van der Waals surface area contributed by atoms with Crippen LogP contribution < -0.4 is 0 Å². The summed E-state index contributed by atoms with van der Waals surface area (Å²) >= 11 is 0. The van der Waals surface area contributed by atoms with Crippen LogP contribution in [-0.4, -0.2) is 44.3 Å². The summed E-state index contributed by atoms with van der Waals surface area (Å²) in [5.74, 6) is -0.313. The summed E-state index contributed by atoms with van der Waals surface area (Å²) < 4.78 is 0. The van der Waals surface area contributed by atoms with Crippen molar-refractivity contribution in [3.8, 4) is 0 Å².